The lowest BCUT2D eigenvalue weighted by molar-refractivity contribution is -0.123. The smallest absolute Gasteiger partial charge is 0.335 e. The van der Waals surface area contributed by atoms with Crippen LogP contribution >= 0.6 is 11.6 Å². The number of amides is 1. The zero-order chi connectivity index (χ0) is 28.1. The van der Waals surface area contributed by atoms with E-state index in [2.05, 4.69) is 41.0 Å². The van der Waals surface area contributed by atoms with E-state index in [9.17, 15) is 14.7 Å². The number of rotatable bonds is 8. The predicted molar refractivity (Wildman–Crippen MR) is 161 cm³/mol. The Bertz CT molecular complexity index is 1470. The van der Waals surface area contributed by atoms with Crippen LogP contribution in [0.5, 0.6) is 0 Å². The minimum Gasteiger partial charge on any atom is -0.478 e. The minimum absolute atomic E-state index is 0.174. The van der Waals surface area contributed by atoms with Gasteiger partial charge in [0.05, 0.1) is 11.5 Å². The first-order valence-corrected chi connectivity index (χ1v) is 14.0. The van der Waals surface area contributed by atoms with Gasteiger partial charge in [0, 0.05) is 13.0 Å². The molecule has 0 radical (unpaired) electrons. The monoisotopic (exact) mass is 552 g/mol. The first kappa shape index (κ1) is 27.6. The highest BCUT2D eigenvalue weighted by molar-refractivity contribution is 6.26. The van der Waals surface area contributed by atoms with Gasteiger partial charge in [0.15, 0.2) is 0 Å². The average Bonchev–Trinajstić information content (AvgIpc) is 2.97. The summed E-state index contributed by atoms with van der Waals surface area (Å²) in [6, 6.07) is 25.0. The van der Waals surface area contributed by atoms with Gasteiger partial charge in [-0.1, -0.05) is 96.1 Å². The number of benzene rings is 3. The summed E-state index contributed by atoms with van der Waals surface area (Å²) in [7, 11) is 0. The maximum atomic E-state index is 13.9. The van der Waals surface area contributed by atoms with Gasteiger partial charge in [0.1, 0.15) is 5.00 Å². The normalized spacial score (nSPS) is 19.6. The molecule has 3 N–H and O–H groups in total. The van der Waals surface area contributed by atoms with Crippen LogP contribution in [0.4, 0.5) is 0 Å². The number of nitrogens with one attached hydrogen (secondary N) is 2. The molecular weight excluding hydrogens is 520 g/mol. The Hall–Kier alpha value is -3.93. The standard InChI is InChI=1S/C34H33ClN2O3/c1-23-22-34(35,18-15-30(23)27-5-3-2-4-6-27)37-32(38)31(21-24-7-9-29(10-8-24)33(39)40)28-13-11-25(12-14-28)26-16-19-36-20-17-26/h2-16,18,31,36H,17,19-22H2,1H3,(H,37,38)(H,39,40). The number of aromatic carboxylic acids is 1. The van der Waals surface area contributed by atoms with Crippen LogP contribution in [0.15, 0.2) is 103 Å². The van der Waals surface area contributed by atoms with Gasteiger partial charge in [-0.15, -0.1) is 0 Å². The molecule has 2 aliphatic rings. The summed E-state index contributed by atoms with van der Waals surface area (Å²) in [5.74, 6) is -1.66. The van der Waals surface area contributed by atoms with E-state index in [1.165, 1.54) is 5.57 Å². The Balaban J connectivity index is 1.39. The first-order valence-electron chi connectivity index (χ1n) is 13.6. The molecule has 2 atom stereocenters. The maximum absolute atomic E-state index is 13.9. The highest BCUT2D eigenvalue weighted by Crippen LogP contribution is 2.36. The van der Waals surface area contributed by atoms with E-state index in [0.29, 0.717) is 12.8 Å². The van der Waals surface area contributed by atoms with Crippen LogP contribution in [0.25, 0.3) is 11.1 Å². The Morgan fingerprint density at radius 1 is 1.00 bits per heavy atom. The van der Waals surface area contributed by atoms with Crippen LogP contribution < -0.4 is 10.6 Å². The minimum atomic E-state index is -1.04. The van der Waals surface area contributed by atoms with Crippen molar-refractivity contribution in [3.63, 3.8) is 0 Å². The van der Waals surface area contributed by atoms with Crippen molar-refractivity contribution in [3.8, 4) is 0 Å². The molecule has 204 valence electrons. The molecule has 0 saturated carbocycles. The highest BCUT2D eigenvalue weighted by Gasteiger charge is 2.33. The summed E-state index contributed by atoms with van der Waals surface area (Å²) < 4.78 is 0. The number of hydrogen-bond donors (Lipinski definition) is 3. The molecule has 3 aromatic rings. The molecule has 5 nitrogen and oxygen atoms in total. The first-order chi connectivity index (χ1) is 19.3. The van der Waals surface area contributed by atoms with Crippen molar-refractivity contribution in [3.05, 3.63) is 130 Å². The van der Waals surface area contributed by atoms with Crippen LogP contribution in [0, 0.1) is 0 Å². The fourth-order valence-electron chi connectivity index (χ4n) is 5.43. The van der Waals surface area contributed by atoms with Gasteiger partial charge in [-0.25, -0.2) is 4.79 Å². The lowest BCUT2D eigenvalue weighted by Gasteiger charge is -2.31. The summed E-state index contributed by atoms with van der Waals surface area (Å²) in [4.78, 5) is 24.2. The van der Waals surface area contributed by atoms with Crippen LogP contribution in [-0.2, 0) is 11.2 Å². The second kappa shape index (κ2) is 12.1. The van der Waals surface area contributed by atoms with Gasteiger partial charge in [0.25, 0.3) is 0 Å². The van der Waals surface area contributed by atoms with E-state index in [4.69, 9.17) is 11.6 Å². The third kappa shape index (κ3) is 6.44. The second-order valence-electron chi connectivity index (χ2n) is 10.5. The third-order valence-corrected chi connectivity index (χ3v) is 7.97. The van der Waals surface area contributed by atoms with E-state index >= 15 is 0 Å². The van der Waals surface area contributed by atoms with Crippen molar-refractivity contribution in [1.29, 1.82) is 0 Å². The molecule has 0 saturated heterocycles. The van der Waals surface area contributed by atoms with E-state index in [0.717, 1.165) is 52.9 Å². The highest BCUT2D eigenvalue weighted by atomic mass is 35.5. The number of carbonyl (C=O) groups is 2. The molecule has 2 unspecified atom stereocenters. The van der Waals surface area contributed by atoms with Gasteiger partial charge in [-0.3, -0.25) is 4.79 Å². The molecule has 5 rings (SSSR count). The summed E-state index contributed by atoms with van der Waals surface area (Å²) in [6.07, 6.45) is 7.94. The number of carboxylic acids is 1. The van der Waals surface area contributed by atoms with E-state index < -0.39 is 16.9 Å². The Kier molecular flexibility index (Phi) is 8.34. The van der Waals surface area contributed by atoms with E-state index in [-0.39, 0.29) is 11.5 Å². The van der Waals surface area contributed by atoms with Crippen LogP contribution in [0.1, 0.15) is 58.3 Å². The molecule has 0 spiro atoms. The Morgan fingerprint density at radius 2 is 1.73 bits per heavy atom. The average molecular weight is 553 g/mol. The molecule has 6 heteroatoms. The SMILES string of the molecule is CC1=C(c2ccccc2)C=CC(Cl)(NC(=O)C(Cc2ccc(C(=O)O)cc2)c2ccc(C3=CCNCC3)cc2)C1. The molecule has 3 aromatic carbocycles. The lowest BCUT2D eigenvalue weighted by atomic mass is 9.87. The molecule has 0 aromatic heterocycles. The number of carboxylic acid groups (broad SMARTS) is 1. The van der Waals surface area contributed by atoms with Gasteiger partial charge in [0.2, 0.25) is 5.91 Å². The molecule has 1 aliphatic carbocycles. The molecular formula is C34H33ClN2O3. The van der Waals surface area contributed by atoms with Crippen molar-refractivity contribution in [2.24, 2.45) is 0 Å². The summed E-state index contributed by atoms with van der Waals surface area (Å²) in [5, 5.41) is 15.7. The number of alkyl halides is 1. The van der Waals surface area contributed by atoms with Crippen molar-refractivity contribution < 1.29 is 14.7 Å². The van der Waals surface area contributed by atoms with E-state index in [1.807, 2.05) is 49.4 Å². The largest absolute Gasteiger partial charge is 0.478 e. The second-order valence-corrected chi connectivity index (χ2v) is 11.2. The van der Waals surface area contributed by atoms with Gasteiger partial charge in [-0.2, -0.15) is 0 Å². The lowest BCUT2D eigenvalue weighted by Crippen LogP contribution is -2.46. The van der Waals surface area contributed by atoms with Gasteiger partial charge >= 0.3 is 5.97 Å². The van der Waals surface area contributed by atoms with Crippen LogP contribution in [-0.4, -0.2) is 35.1 Å². The maximum Gasteiger partial charge on any atom is 0.335 e. The van der Waals surface area contributed by atoms with Crippen molar-refractivity contribution >= 4 is 34.6 Å². The van der Waals surface area contributed by atoms with Crippen LogP contribution in [0.3, 0.4) is 0 Å². The molecule has 0 bridgehead atoms. The molecule has 1 heterocycles. The van der Waals surface area contributed by atoms with Gasteiger partial charge in [-0.05, 0) is 77.9 Å². The fraction of sp³-hybridized carbons (Fsp3) is 0.235. The quantitative estimate of drug-likeness (QED) is 0.218. The fourth-order valence-corrected chi connectivity index (χ4v) is 5.79. The number of hydrogen-bond acceptors (Lipinski definition) is 3. The zero-order valence-electron chi connectivity index (χ0n) is 22.5. The number of halogens is 1. The summed E-state index contributed by atoms with van der Waals surface area (Å²) in [5.41, 5.74) is 7.78. The predicted octanol–water partition coefficient (Wildman–Crippen LogP) is 6.57. The topological polar surface area (TPSA) is 78.4 Å². The Labute approximate surface area is 240 Å². The molecule has 40 heavy (non-hydrogen) atoms. The van der Waals surface area contributed by atoms with Crippen LogP contribution in [0.2, 0.25) is 0 Å². The van der Waals surface area contributed by atoms with Gasteiger partial charge < -0.3 is 15.7 Å². The van der Waals surface area contributed by atoms with Crippen molar-refractivity contribution in [2.75, 3.05) is 13.1 Å². The zero-order valence-corrected chi connectivity index (χ0v) is 23.2. The number of allylic oxidation sites excluding steroid dienone is 2. The van der Waals surface area contributed by atoms with Crippen molar-refractivity contribution in [1.82, 2.24) is 10.6 Å². The summed E-state index contributed by atoms with van der Waals surface area (Å²) >= 11 is 7.00. The number of carbonyl (C=O) groups excluding carboxylic acids is 1. The van der Waals surface area contributed by atoms with E-state index in [1.54, 1.807) is 24.3 Å². The molecule has 1 aliphatic heterocycles. The molecule has 0 fully saturated rings. The molecule has 1 amide bonds. The third-order valence-electron chi connectivity index (χ3n) is 7.62. The summed E-state index contributed by atoms with van der Waals surface area (Å²) in [6.45, 7) is 3.86. The van der Waals surface area contributed by atoms with Crippen molar-refractivity contribution in [2.45, 2.75) is 37.1 Å². The Morgan fingerprint density at radius 3 is 2.35 bits per heavy atom.